The fourth-order valence-corrected chi connectivity index (χ4v) is 1.89. The summed E-state index contributed by atoms with van der Waals surface area (Å²) in [6, 6.07) is 7.09. The molecule has 0 bridgehead atoms. The van der Waals surface area contributed by atoms with Gasteiger partial charge in [-0.1, -0.05) is 19.1 Å². The predicted molar refractivity (Wildman–Crippen MR) is 68.0 cm³/mol. The van der Waals surface area contributed by atoms with Gasteiger partial charge in [0, 0.05) is 12.6 Å². The maximum absolute atomic E-state index is 13.1. The smallest absolute Gasteiger partial charge is 0.185 e. The van der Waals surface area contributed by atoms with Crippen LogP contribution >= 0.6 is 0 Å². The third-order valence-electron chi connectivity index (χ3n) is 2.88. The number of pyridine rings is 1. The van der Waals surface area contributed by atoms with Crippen molar-refractivity contribution in [2.45, 2.75) is 19.8 Å². The van der Waals surface area contributed by atoms with Gasteiger partial charge in [-0.15, -0.1) is 0 Å². The molecule has 0 spiro atoms. The zero-order chi connectivity index (χ0) is 13.8. The van der Waals surface area contributed by atoms with E-state index in [-0.39, 0.29) is 12.2 Å². The minimum Gasteiger partial charge on any atom is -0.292 e. The molecule has 1 aromatic carbocycles. The summed E-state index contributed by atoms with van der Waals surface area (Å²) in [6.07, 6.45) is 2.27. The Balaban J connectivity index is 2.23. The number of ketones is 1. The Hall–Kier alpha value is -2.10. The van der Waals surface area contributed by atoms with Crippen LogP contribution in [0.25, 0.3) is 0 Å². The molecule has 0 fully saturated rings. The van der Waals surface area contributed by atoms with Gasteiger partial charge in [0.15, 0.2) is 17.4 Å². The average molecular weight is 261 g/mol. The Bertz CT molecular complexity index is 611. The number of hydrogen-bond acceptors (Lipinski definition) is 2. The van der Waals surface area contributed by atoms with E-state index in [0.717, 1.165) is 17.7 Å². The second-order valence-corrected chi connectivity index (χ2v) is 4.21. The summed E-state index contributed by atoms with van der Waals surface area (Å²) < 4.78 is 25.9. The molecule has 0 amide bonds. The van der Waals surface area contributed by atoms with E-state index in [0.29, 0.717) is 17.7 Å². The fraction of sp³-hybridized carbons (Fsp3) is 0.200. The van der Waals surface area contributed by atoms with Gasteiger partial charge in [-0.3, -0.25) is 9.78 Å². The van der Waals surface area contributed by atoms with Gasteiger partial charge in [-0.2, -0.15) is 0 Å². The molecule has 1 heterocycles. The average Bonchev–Trinajstić information content (AvgIpc) is 2.43. The zero-order valence-electron chi connectivity index (χ0n) is 10.5. The molecule has 2 aromatic rings. The molecule has 0 atom stereocenters. The van der Waals surface area contributed by atoms with E-state index in [9.17, 15) is 13.6 Å². The summed E-state index contributed by atoms with van der Waals surface area (Å²) in [7, 11) is 0. The second kappa shape index (κ2) is 5.69. The number of rotatable bonds is 4. The van der Waals surface area contributed by atoms with Crippen LogP contribution in [0.1, 0.15) is 28.5 Å². The fourth-order valence-electron chi connectivity index (χ4n) is 1.89. The Morgan fingerprint density at radius 1 is 1.21 bits per heavy atom. The minimum atomic E-state index is -0.943. The lowest BCUT2D eigenvalue weighted by Gasteiger charge is -2.06. The molecule has 0 aliphatic rings. The zero-order valence-corrected chi connectivity index (χ0v) is 10.5. The molecule has 0 saturated heterocycles. The van der Waals surface area contributed by atoms with Crippen molar-refractivity contribution in [3.8, 4) is 0 Å². The van der Waals surface area contributed by atoms with Crippen LogP contribution in [0.15, 0.2) is 36.5 Å². The van der Waals surface area contributed by atoms with Gasteiger partial charge in [-0.25, -0.2) is 8.78 Å². The normalized spacial score (nSPS) is 10.5. The second-order valence-electron chi connectivity index (χ2n) is 4.21. The molecule has 1 aromatic heterocycles. The highest BCUT2D eigenvalue weighted by Crippen LogP contribution is 2.13. The van der Waals surface area contributed by atoms with E-state index in [1.165, 1.54) is 6.07 Å². The van der Waals surface area contributed by atoms with E-state index in [1.807, 2.05) is 13.0 Å². The van der Waals surface area contributed by atoms with Crippen molar-refractivity contribution in [2.24, 2.45) is 0 Å². The summed E-state index contributed by atoms with van der Waals surface area (Å²) >= 11 is 0. The van der Waals surface area contributed by atoms with E-state index in [1.54, 1.807) is 12.3 Å². The first kappa shape index (κ1) is 13.3. The minimum absolute atomic E-state index is 0.0151. The summed E-state index contributed by atoms with van der Waals surface area (Å²) in [5.74, 6) is -2.05. The number of aryl methyl sites for hydroxylation is 1. The first-order valence-corrected chi connectivity index (χ1v) is 6.03. The molecular formula is C15H13F2NO. The molecule has 0 radical (unpaired) electrons. The van der Waals surface area contributed by atoms with Gasteiger partial charge in [0.25, 0.3) is 0 Å². The SMILES string of the molecule is CCc1cccnc1C(=O)Cc1ccc(F)c(F)c1. The maximum atomic E-state index is 13.1. The molecule has 0 aliphatic heterocycles. The van der Waals surface area contributed by atoms with Crippen LogP contribution in [0.4, 0.5) is 8.78 Å². The molecule has 2 nitrogen and oxygen atoms in total. The first-order chi connectivity index (χ1) is 9.11. The summed E-state index contributed by atoms with van der Waals surface area (Å²) in [6.45, 7) is 1.94. The number of carbonyl (C=O) groups is 1. The number of carbonyl (C=O) groups excluding carboxylic acids is 1. The third kappa shape index (κ3) is 3.02. The Morgan fingerprint density at radius 3 is 2.68 bits per heavy atom. The van der Waals surface area contributed by atoms with Crippen LogP contribution < -0.4 is 0 Å². The van der Waals surface area contributed by atoms with Crippen molar-refractivity contribution in [1.29, 1.82) is 0 Å². The molecule has 0 unspecified atom stereocenters. The molecule has 2 rings (SSSR count). The molecular weight excluding hydrogens is 248 g/mol. The highest BCUT2D eigenvalue weighted by molar-refractivity contribution is 5.97. The van der Waals surface area contributed by atoms with Crippen molar-refractivity contribution in [2.75, 3.05) is 0 Å². The highest BCUT2D eigenvalue weighted by Gasteiger charge is 2.13. The largest absolute Gasteiger partial charge is 0.292 e. The maximum Gasteiger partial charge on any atom is 0.185 e. The molecule has 0 saturated carbocycles. The molecule has 0 aliphatic carbocycles. The highest BCUT2D eigenvalue weighted by atomic mass is 19.2. The molecule has 4 heteroatoms. The predicted octanol–water partition coefficient (Wildman–Crippen LogP) is 3.35. The van der Waals surface area contributed by atoms with Gasteiger partial charge in [-0.05, 0) is 35.7 Å². The number of halogens is 2. The van der Waals surface area contributed by atoms with Crippen LogP contribution in [-0.4, -0.2) is 10.8 Å². The van der Waals surface area contributed by atoms with Gasteiger partial charge < -0.3 is 0 Å². The van der Waals surface area contributed by atoms with Crippen LogP contribution in [0.5, 0.6) is 0 Å². The lowest BCUT2D eigenvalue weighted by molar-refractivity contribution is 0.0987. The van der Waals surface area contributed by atoms with Crippen molar-refractivity contribution < 1.29 is 13.6 Å². The molecule has 19 heavy (non-hydrogen) atoms. The number of benzene rings is 1. The van der Waals surface area contributed by atoms with Crippen LogP contribution in [0.2, 0.25) is 0 Å². The summed E-state index contributed by atoms with van der Waals surface area (Å²) in [4.78, 5) is 16.2. The van der Waals surface area contributed by atoms with Crippen LogP contribution in [0.3, 0.4) is 0 Å². The van der Waals surface area contributed by atoms with Crippen molar-refractivity contribution >= 4 is 5.78 Å². The number of nitrogens with zero attached hydrogens (tertiary/aromatic N) is 1. The standard InChI is InChI=1S/C15H13F2NO/c1-2-11-4-3-7-18-15(11)14(19)9-10-5-6-12(16)13(17)8-10/h3-8H,2,9H2,1H3. The Labute approximate surface area is 110 Å². The van der Waals surface area contributed by atoms with E-state index in [4.69, 9.17) is 0 Å². The monoisotopic (exact) mass is 261 g/mol. The summed E-state index contributed by atoms with van der Waals surface area (Å²) in [5, 5.41) is 0. The van der Waals surface area contributed by atoms with Crippen LogP contribution in [-0.2, 0) is 12.8 Å². The van der Waals surface area contributed by atoms with Gasteiger partial charge in [0.05, 0.1) is 0 Å². The van der Waals surface area contributed by atoms with Gasteiger partial charge in [0.1, 0.15) is 5.69 Å². The van der Waals surface area contributed by atoms with Crippen molar-refractivity contribution in [3.63, 3.8) is 0 Å². The van der Waals surface area contributed by atoms with Crippen LogP contribution in [0, 0.1) is 11.6 Å². The lowest BCUT2D eigenvalue weighted by atomic mass is 10.0. The quantitative estimate of drug-likeness (QED) is 0.790. The van der Waals surface area contributed by atoms with Crippen molar-refractivity contribution in [3.05, 3.63) is 65.0 Å². The number of aromatic nitrogens is 1. The molecule has 98 valence electrons. The Kier molecular flexibility index (Phi) is 4.00. The third-order valence-corrected chi connectivity index (χ3v) is 2.88. The summed E-state index contributed by atoms with van der Waals surface area (Å²) in [5.41, 5.74) is 1.70. The molecule has 0 N–H and O–H groups in total. The first-order valence-electron chi connectivity index (χ1n) is 6.03. The van der Waals surface area contributed by atoms with Gasteiger partial charge in [0.2, 0.25) is 0 Å². The topological polar surface area (TPSA) is 30.0 Å². The van der Waals surface area contributed by atoms with Gasteiger partial charge >= 0.3 is 0 Å². The van der Waals surface area contributed by atoms with E-state index < -0.39 is 11.6 Å². The lowest BCUT2D eigenvalue weighted by Crippen LogP contribution is -2.09. The van der Waals surface area contributed by atoms with E-state index >= 15 is 0 Å². The number of Topliss-reactive ketones (excluding diaryl/α,β-unsaturated/α-hetero) is 1. The van der Waals surface area contributed by atoms with Crippen molar-refractivity contribution in [1.82, 2.24) is 4.98 Å². The Morgan fingerprint density at radius 2 is 2.00 bits per heavy atom. The van der Waals surface area contributed by atoms with E-state index in [2.05, 4.69) is 4.98 Å². The number of hydrogen-bond donors (Lipinski definition) is 0.